The van der Waals surface area contributed by atoms with Gasteiger partial charge in [-0.2, -0.15) is 9.99 Å². The minimum atomic E-state index is -1.50. The van der Waals surface area contributed by atoms with Gasteiger partial charge in [0.1, 0.15) is 43.4 Å². The average molecular weight is 935 g/mol. The monoisotopic (exact) mass is 935 g/mol. The maximum absolute atomic E-state index is 14.9. The summed E-state index contributed by atoms with van der Waals surface area (Å²) in [5.41, 5.74) is 1.41. The van der Waals surface area contributed by atoms with Crippen LogP contribution in [-0.4, -0.2) is 131 Å². The van der Waals surface area contributed by atoms with Gasteiger partial charge in [-0.1, -0.05) is 98.3 Å². The number of unbranched alkanes of at least 4 members (excludes halogenated alkanes) is 2. The molecule has 2 aromatic rings. The summed E-state index contributed by atoms with van der Waals surface area (Å²) < 4.78 is 7.36. The van der Waals surface area contributed by atoms with Crippen molar-refractivity contribution in [1.82, 2.24) is 35.4 Å². The first-order valence-corrected chi connectivity index (χ1v) is 24.1. The number of rotatable bonds is 17. The van der Waals surface area contributed by atoms with Crippen LogP contribution in [0.4, 0.5) is 0 Å². The largest absolute Gasteiger partial charge is 0.451 e. The number of likely N-dealkylation sites (N-methyl/N-ethyl adjacent to an activating group) is 3. The SMILES string of the molecule is CCCC[C@@H](C)C[C@@H]1NC(=O)[C@H](Cc2cn(OC)c3ccccc23)N(C)C(=O)[C@H](C)NC(=O)[C@H](CC(C)C)N(C)C(=O)[C@H](C[C@H](C)CCCC)NC(=O)[C@@H](CCC#N)OC(=O)[C@H](C)N(C)C1=O. The number of hydrogen-bond donors (Lipinski definition) is 3. The molecule has 2 heterocycles. The van der Waals surface area contributed by atoms with Crippen molar-refractivity contribution < 1.29 is 43.1 Å². The van der Waals surface area contributed by atoms with Crippen LogP contribution in [0.5, 0.6) is 0 Å². The average Bonchev–Trinajstić information content (AvgIpc) is 3.66. The lowest BCUT2D eigenvalue weighted by atomic mass is 9.94. The summed E-state index contributed by atoms with van der Waals surface area (Å²) in [7, 11) is 5.89. The molecule has 17 nitrogen and oxygen atoms in total. The summed E-state index contributed by atoms with van der Waals surface area (Å²) in [5.74, 6) is -4.89. The van der Waals surface area contributed by atoms with Gasteiger partial charge in [0.15, 0.2) is 6.10 Å². The van der Waals surface area contributed by atoms with Gasteiger partial charge in [0, 0.05) is 52.0 Å². The molecule has 3 N–H and O–H groups in total. The topological polar surface area (TPSA) is 212 Å². The van der Waals surface area contributed by atoms with Gasteiger partial charge in [-0.3, -0.25) is 28.8 Å². The Morgan fingerprint density at radius 1 is 0.731 bits per heavy atom. The van der Waals surface area contributed by atoms with Crippen molar-refractivity contribution in [2.45, 2.75) is 175 Å². The van der Waals surface area contributed by atoms with Crippen LogP contribution in [0.3, 0.4) is 0 Å². The van der Waals surface area contributed by atoms with E-state index < -0.39 is 83.8 Å². The third-order valence-corrected chi connectivity index (χ3v) is 13.0. The maximum atomic E-state index is 14.9. The van der Waals surface area contributed by atoms with Gasteiger partial charge in [-0.05, 0) is 62.5 Å². The van der Waals surface area contributed by atoms with E-state index in [1.54, 1.807) is 10.9 Å². The molecule has 67 heavy (non-hydrogen) atoms. The Labute approximate surface area is 397 Å². The standard InChI is InChI=1S/C50H78N8O9/c1-13-15-20-32(5)27-38-48(63)55(9)35(8)50(65)67-43(24-19-25-51)46(61)54-39(28-33(6)21-16-14-2)49(64)57(11)41(26-31(3)4)44(59)52-34(7)47(62)56(10)42(45(60)53-38)29-36-30-58(66-12)40-23-18-17-22-37(36)40/h17-18,22-23,30-35,38-39,41-43H,13-16,19-21,24,26-29H2,1-12H3,(H,52,59)(H,53,60)(H,54,61)/t32-,33-,34+,35+,38+,39+,41+,42+,43-/m1/s1. The predicted molar refractivity (Wildman–Crippen MR) is 256 cm³/mol. The third-order valence-electron chi connectivity index (χ3n) is 13.0. The van der Waals surface area contributed by atoms with Crippen LogP contribution in [0.15, 0.2) is 30.5 Å². The molecule has 1 aromatic heterocycles. The summed E-state index contributed by atoms with van der Waals surface area (Å²) >= 11 is 0. The molecular weight excluding hydrogens is 857 g/mol. The number of carbonyl (C=O) groups excluding carboxylic acids is 7. The molecule has 3 rings (SSSR count). The van der Waals surface area contributed by atoms with Crippen molar-refractivity contribution in [2.75, 3.05) is 28.3 Å². The summed E-state index contributed by atoms with van der Waals surface area (Å²) in [4.78, 5) is 110. The highest BCUT2D eigenvalue weighted by Crippen LogP contribution is 2.25. The van der Waals surface area contributed by atoms with Gasteiger partial charge in [-0.15, -0.1) is 0 Å². The smallest absolute Gasteiger partial charge is 0.329 e. The second kappa shape index (κ2) is 26.6. The fourth-order valence-corrected chi connectivity index (χ4v) is 8.66. The Morgan fingerprint density at radius 3 is 1.82 bits per heavy atom. The molecule has 0 saturated carbocycles. The second-order valence-corrected chi connectivity index (χ2v) is 19.0. The molecule has 0 unspecified atom stereocenters. The second-order valence-electron chi connectivity index (χ2n) is 19.0. The predicted octanol–water partition coefficient (Wildman–Crippen LogP) is 4.93. The molecule has 6 amide bonds. The van der Waals surface area contributed by atoms with Gasteiger partial charge in [0.2, 0.25) is 29.5 Å². The number of aromatic nitrogens is 1. The summed E-state index contributed by atoms with van der Waals surface area (Å²) in [5, 5.41) is 18.9. The van der Waals surface area contributed by atoms with E-state index in [1.807, 2.05) is 58.0 Å². The van der Waals surface area contributed by atoms with E-state index in [2.05, 4.69) is 29.8 Å². The molecule has 1 aliphatic rings. The number of amides is 6. The van der Waals surface area contributed by atoms with Gasteiger partial charge in [0.25, 0.3) is 5.91 Å². The van der Waals surface area contributed by atoms with Gasteiger partial charge < -0.3 is 40.2 Å². The lowest BCUT2D eigenvalue weighted by Gasteiger charge is -2.34. The zero-order valence-corrected chi connectivity index (χ0v) is 42.1. The number of cyclic esters (lactones) is 1. The van der Waals surface area contributed by atoms with Crippen LogP contribution in [0, 0.1) is 29.1 Å². The fourth-order valence-electron chi connectivity index (χ4n) is 8.66. The van der Waals surface area contributed by atoms with E-state index >= 15 is 0 Å². The number of benzene rings is 1. The van der Waals surface area contributed by atoms with E-state index in [-0.39, 0.29) is 56.3 Å². The summed E-state index contributed by atoms with van der Waals surface area (Å²) in [6.07, 6.45) is 5.65. The molecule has 1 aromatic carbocycles. The molecule has 1 aliphatic heterocycles. The first kappa shape index (κ1) is 55.7. The minimum Gasteiger partial charge on any atom is -0.451 e. The van der Waals surface area contributed by atoms with Crippen molar-refractivity contribution in [3.05, 3.63) is 36.0 Å². The highest BCUT2D eigenvalue weighted by molar-refractivity contribution is 5.98. The number of ether oxygens (including phenoxy) is 1. The number of nitrogens with zero attached hydrogens (tertiary/aromatic N) is 5. The number of nitrogens with one attached hydrogen (secondary N) is 3. The minimum absolute atomic E-state index is 0.00707. The number of para-hydroxylation sites is 1. The zero-order chi connectivity index (χ0) is 50.1. The Bertz CT molecular complexity index is 2050. The van der Waals surface area contributed by atoms with Crippen LogP contribution < -0.4 is 20.8 Å². The van der Waals surface area contributed by atoms with Crippen LogP contribution >= 0.6 is 0 Å². The molecule has 372 valence electrons. The lowest BCUT2D eigenvalue weighted by molar-refractivity contribution is -0.163. The molecule has 0 bridgehead atoms. The molecule has 0 radical (unpaired) electrons. The Balaban J connectivity index is 2.25. The fraction of sp³-hybridized carbons (Fsp3) is 0.680. The van der Waals surface area contributed by atoms with Crippen LogP contribution in [0.25, 0.3) is 10.9 Å². The summed E-state index contributed by atoms with van der Waals surface area (Å²) in [6, 6.07) is 2.43. The Kier molecular flexibility index (Phi) is 22.1. The number of hydrogen-bond acceptors (Lipinski definition) is 10. The van der Waals surface area contributed by atoms with E-state index in [4.69, 9.17) is 9.57 Å². The summed E-state index contributed by atoms with van der Waals surface area (Å²) in [6.45, 7) is 14.8. The van der Waals surface area contributed by atoms with Crippen molar-refractivity contribution in [3.63, 3.8) is 0 Å². The van der Waals surface area contributed by atoms with Crippen LogP contribution in [0.2, 0.25) is 0 Å². The number of carbonyl (C=O) groups is 7. The van der Waals surface area contributed by atoms with E-state index in [1.165, 1.54) is 56.8 Å². The molecule has 0 spiro atoms. The molecule has 1 fully saturated rings. The third kappa shape index (κ3) is 15.4. The zero-order valence-electron chi connectivity index (χ0n) is 42.1. The first-order chi connectivity index (χ1) is 31.7. The highest BCUT2D eigenvalue weighted by atomic mass is 16.6. The number of nitriles is 1. The lowest BCUT2D eigenvalue weighted by Crippen LogP contribution is -2.60. The maximum Gasteiger partial charge on any atom is 0.329 e. The molecule has 1 saturated heterocycles. The number of fused-ring (bicyclic) bond motifs is 1. The van der Waals surface area contributed by atoms with E-state index in [0.29, 0.717) is 5.56 Å². The normalized spacial score (nSPS) is 24.4. The van der Waals surface area contributed by atoms with Gasteiger partial charge >= 0.3 is 5.97 Å². The van der Waals surface area contributed by atoms with Crippen LogP contribution in [-0.2, 0) is 44.7 Å². The van der Waals surface area contributed by atoms with Gasteiger partial charge in [0.05, 0.1) is 11.6 Å². The molecule has 9 atom stereocenters. The van der Waals surface area contributed by atoms with Crippen molar-refractivity contribution in [2.24, 2.45) is 17.8 Å². The highest BCUT2D eigenvalue weighted by Gasteiger charge is 2.40. The van der Waals surface area contributed by atoms with E-state index in [9.17, 15) is 38.8 Å². The molecule has 0 aliphatic carbocycles. The Morgan fingerprint density at radius 2 is 1.27 bits per heavy atom. The van der Waals surface area contributed by atoms with Crippen molar-refractivity contribution in [3.8, 4) is 6.07 Å². The van der Waals surface area contributed by atoms with E-state index in [0.717, 1.165) is 49.4 Å². The first-order valence-electron chi connectivity index (χ1n) is 24.1. The Hall–Kier alpha value is -5.66. The molecular formula is C50H78N8O9. The quantitative estimate of drug-likeness (QED) is 0.182. The van der Waals surface area contributed by atoms with Crippen molar-refractivity contribution in [1.29, 1.82) is 5.26 Å². The van der Waals surface area contributed by atoms with Crippen molar-refractivity contribution >= 4 is 52.3 Å². The van der Waals surface area contributed by atoms with Gasteiger partial charge in [-0.25, -0.2) is 4.79 Å². The van der Waals surface area contributed by atoms with Crippen LogP contribution in [0.1, 0.15) is 132 Å². The number of esters is 1. The molecule has 17 heteroatoms.